The lowest BCUT2D eigenvalue weighted by molar-refractivity contribution is 1.33. The van der Waals surface area contributed by atoms with E-state index in [-0.39, 0.29) is 10.2 Å². The number of hydrogen-bond donors (Lipinski definition) is 0. The van der Waals surface area contributed by atoms with Crippen molar-refractivity contribution < 1.29 is 0 Å². The van der Waals surface area contributed by atoms with Gasteiger partial charge in [0.1, 0.15) is 5.15 Å². The zero-order valence-corrected chi connectivity index (χ0v) is 17.3. The van der Waals surface area contributed by atoms with Crippen LogP contribution in [0.5, 0.6) is 0 Å². The van der Waals surface area contributed by atoms with Crippen molar-refractivity contribution in [2.75, 3.05) is 0 Å². The van der Waals surface area contributed by atoms with Crippen LogP contribution in [0.2, 0.25) is 35.3 Å². The molecule has 0 N–H and O–H groups in total. The summed E-state index contributed by atoms with van der Waals surface area (Å²) >= 11 is 43.7. The minimum atomic E-state index is 0.212. The summed E-state index contributed by atoms with van der Waals surface area (Å²) < 4.78 is 0. The van der Waals surface area contributed by atoms with Gasteiger partial charge in [-0.1, -0.05) is 81.2 Å². The lowest BCUT2D eigenvalue weighted by Crippen LogP contribution is -1.91. The van der Waals surface area contributed by atoms with Crippen LogP contribution in [0.15, 0.2) is 36.5 Å². The Morgan fingerprint density at radius 3 is 1.68 bits per heavy atom. The first-order chi connectivity index (χ1) is 11.8. The average Bonchev–Trinajstić information content (AvgIpc) is 2.57. The van der Waals surface area contributed by atoms with Gasteiger partial charge in [-0.15, -0.1) is 0 Å². The number of nitrogens with zero attached hydrogens (tertiary/aromatic N) is 1. The van der Waals surface area contributed by atoms with E-state index in [1.807, 2.05) is 0 Å². The van der Waals surface area contributed by atoms with Crippen molar-refractivity contribution >= 4 is 81.2 Å². The number of halogens is 7. The first-order valence-corrected chi connectivity index (χ1v) is 9.39. The largest absolute Gasteiger partial charge is 0.243 e. The molecule has 128 valence electrons. The van der Waals surface area contributed by atoms with Gasteiger partial charge in [0, 0.05) is 28.5 Å². The molecular formula is C17H6Cl7N. The molecule has 1 heterocycles. The molecule has 0 fully saturated rings. The Balaban J connectivity index is 2.29. The molecule has 0 saturated carbocycles. The third kappa shape index (κ3) is 3.70. The van der Waals surface area contributed by atoms with E-state index in [2.05, 4.69) is 4.98 Å². The molecule has 1 aromatic heterocycles. The fraction of sp³-hybridized carbons (Fsp3) is 0. The number of rotatable bonds is 2. The molecule has 0 aliphatic carbocycles. The molecule has 0 amide bonds. The third-order valence-electron chi connectivity index (χ3n) is 3.49. The van der Waals surface area contributed by atoms with Gasteiger partial charge in [-0.2, -0.15) is 0 Å². The fourth-order valence-corrected chi connectivity index (χ4v) is 4.00. The van der Waals surface area contributed by atoms with Crippen LogP contribution in [0, 0.1) is 0 Å². The molecule has 0 saturated heterocycles. The van der Waals surface area contributed by atoms with Crippen molar-refractivity contribution in [1.29, 1.82) is 0 Å². The summed E-state index contributed by atoms with van der Waals surface area (Å²) in [4.78, 5) is 4.20. The summed E-state index contributed by atoms with van der Waals surface area (Å²) in [5.41, 5.74) is 2.13. The normalized spacial score (nSPS) is 11.0. The first-order valence-electron chi connectivity index (χ1n) is 6.74. The highest BCUT2D eigenvalue weighted by atomic mass is 35.5. The van der Waals surface area contributed by atoms with Gasteiger partial charge in [0.2, 0.25) is 0 Å². The van der Waals surface area contributed by atoms with E-state index in [0.717, 1.165) is 0 Å². The second kappa shape index (κ2) is 7.70. The number of hydrogen-bond acceptors (Lipinski definition) is 1. The second-order valence-corrected chi connectivity index (χ2v) is 7.74. The van der Waals surface area contributed by atoms with Crippen LogP contribution in [0.1, 0.15) is 0 Å². The predicted molar refractivity (Wildman–Crippen MR) is 110 cm³/mol. The van der Waals surface area contributed by atoms with E-state index in [1.165, 1.54) is 0 Å². The van der Waals surface area contributed by atoms with Crippen molar-refractivity contribution in [3.8, 4) is 22.3 Å². The molecule has 0 bridgehead atoms. The maximum absolute atomic E-state index is 6.32. The third-order valence-corrected chi connectivity index (χ3v) is 6.02. The van der Waals surface area contributed by atoms with Gasteiger partial charge in [0.05, 0.1) is 30.1 Å². The van der Waals surface area contributed by atoms with Crippen LogP contribution in [0.4, 0.5) is 0 Å². The Kier molecular flexibility index (Phi) is 5.97. The fourth-order valence-electron chi connectivity index (χ4n) is 2.33. The van der Waals surface area contributed by atoms with Gasteiger partial charge < -0.3 is 0 Å². The molecule has 1 nitrogen and oxygen atoms in total. The van der Waals surface area contributed by atoms with E-state index in [9.17, 15) is 0 Å². The summed E-state index contributed by atoms with van der Waals surface area (Å²) in [6, 6.07) is 8.24. The lowest BCUT2D eigenvalue weighted by atomic mass is 10.0. The summed E-state index contributed by atoms with van der Waals surface area (Å²) in [5, 5.41) is 2.33. The van der Waals surface area contributed by atoms with Crippen LogP contribution in [0.25, 0.3) is 22.3 Å². The second-order valence-electron chi connectivity index (χ2n) is 5.00. The van der Waals surface area contributed by atoms with Gasteiger partial charge in [-0.05, 0) is 30.3 Å². The zero-order chi connectivity index (χ0) is 18.3. The molecule has 0 aliphatic heterocycles. The molecule has 0 unspecified atom stereocenters. The maximum Gasteiger partial charge on any atom is 0.136 e. The van der Waals surface area contributed by atoms with Crippen LogP contribution in [0.3, 0.4) is 0 Å². The summed E-state index contributed by atoms with van der Waals surface area (Å²) in [7, 11) is 0. The summed E-state index contributed by atoms with van der Waals surface area (Å²) in [6.45, 7) is 0. The van der Waals surface area contributed by atoms with Crippen LogP contribution in [-0.2, 0) is 0 Å². The van der Waals surface area contributed by atoms with E-state index in [0.29, 0.717) is 47.4 Å². The highest BCUT2D eigenvalue weighted by molar-refractivity contribution is 6.47. The molecule has 2 aromatic carbocycles. The summed E-state index contributed by atoms with van der Waals surface area (Å²) in [5.74, 6) is 0. The Bertz CT molecular complexity index is 985. The van der Waals surface area contributed by atoms with E-state index < -0.39 is 0 Å². The number of aromatic nitrogens is 1. The zero-order valence-electron chi connectivity index (χ0n) is 12.1. The van der Waals surface area contributed by atoms with Gasteiger partial charge in [-0.3, -0.25) is 0 Å². The molecule has 25 heavy (non-hydrogen) atoms. The Morgan fingerprint density at radius 1 is 0.600 bits per heavy atom. The minimum Gasteiger partial charge on any atom is -0.243 e. The topological polar surface area (TPSA) is 12.9 Å². The first kappa shape index (κ1) is 19.4. The molecule has 8 heteroatoms. The molecule has 0 aliphatic rings. The van der Waals surface area contributed by atoms with Crippen LogP contribution >= 0.6 is 81.2 Å². The highest BCUT2D eigenvalue weighted by Crippen LogP contribution is 2.44. The molecule has 3 rings (SSSR count). The van der Waals surface area contributed by atoms with E-state index >= 15 is 0 Å². The minimum absolute atomic E-state index is 0.212. The van der Waals surface area contributed by atoms with Gasteiger partial charge in [-0.25, -0.2) is 4.98 Å². The van der Waals surface area contributed by atoms with Crippen molar-refractivity contribution in [1.82, 2.24) is 4.98 Å². The maximum atomic E-state index is 6.32. The number of pyridine rings is 1. The Labute approximate surface area is 179 Å². The monoisotopic (exact) mass is 469 g/mol. The van der Waals surface area contributed by atoms with Crippen molar-refractivity contribution in [2.24, 2.45) is 0 Å². The highest BCUT2D eigenvalue weighted by Gasteiger charge is 2.19. The van der Waals surface area contributed by atoms with Crippen molar-refractivity contribution in [3.05, 3.63) is 71.8 Å². The van der Waals surface area contributed by atoms with Crippen LogP contribution in [-0.4, -0.2) is 4.98 Å². The molecule has 3 aromatic rings. The van der Waals surface area contributed by atoms with Gasteiger partial charge >= 0.3 is 0 Å². The van der Waals surface area contributed by atoms with E-state index in [4.69, 9.17) is 81.2 Å². The summed E-state index contributed by atoms with van der Waals surface area (Å²) in [6.07, 6.45) is 1.54. The molecule has 0 radical (unpaired) electrons. The quantitative estimate of drug-likeness (QED) is 0.268. The van der Waals surface area contributed by atoms with Crippen molar-refractivity contribution in [2.45, 2.75) is 0 Å². The molecule has 0 spiro atoms. The Hall–Kier alpha value is -0.380. The van der Waals surface area contributed by atoms with Crippen molar-refractivity contribution in [3.63, 3.8) is 0 Å². The number of benzene rings is 2. The lowest BCUT2D eigenvalue weighted by Gasteiger charge is -2.13. The SMILES string of the molecule is Clc1ccc(Cl)c(-c2cnc(Cl)c(-c3c(Cl)ccc(Cl)c3Cl)c2)c1Cl. The van der Waals surface area contributed by atoms with Gasteiger partial charge in [0.25, 0.3) is 0 Å². The Morgan fingerprint density at radius 2 is 1.08 bits per heavy atom. The predicted octanol–water partition coefficient (Wildman–Crippen LogP) is 8.99. The standard InChI is InChI=1S/C17H6Cl7N/c18-9-1-3-11(20)15(22)13(9)7-5-8(17(24)25-6-7)14-10(19)2-4-12(21)16(14)23/h1-6H. The molecule has 0 atom stereocenters. The van der Waals surface area contributed by atoms with Gasteiger partial charge in [0.15, 0.2) is 0 Å². The smallest absolute Gasteiger partial charge is 0.136 e. The van der Waals surface area contributed by atoms with E-state index in [1.54, 1.807) is 36.5 Å². The van der Waals surface area contributed by atoms with Crippen LogP contribution < -0.4 is 0 Å². The average molecular weight is 472 g/mol. The molecular weight excluding hydrogens is 466 g/mol.